The number of ether oxygens (including phenoxy) is 1. The number of nitrogens with zero attached hydrogens (tertiary/aromatic N) is 1. The summed E-state index contributed by atoms with van der Waals surface area (Å²) in [6.45, 7) is 1.75. The number of aryl methyl sites for hydroxylation is 1. The number of hydrogen-bond donors (Lipinski definition) is 2. The second-order valence-corrected chi connectivity index (χ2v) is 11.2. The molecule has 1 aliphatic rings. The normalized spacial score (nSPS) is 14.0. The molecular weight excluding hydrogens is 466 g/mol. The van der Waals surface area contributed by atoms with Crippen LogP contribution in [0.15, 0.2) is 35.2 Å². The molecule has 1 aromatic carbocycles. The number of aromatic nitrogens is 1. The summed E-state index contributed by atoms with van der Waals surface area (Å²) in [6, 6.07) is 8.00. The molecule has 4 rings (SSSR count). The lowest BCUT2D eigenvalue weighted by molar-refractivity contribution is 0.102. The molecule has 158 valence electrons. The van der Waals surface area contributed by atoms with Crippen molar-refractivity contribution in [3.05, 3.63) is 45.2 Å². The minimum atomic E-state index is -3.66. The highest BCUT2D eigenvalue weighted by Gasteiger charge is 2.28. The van der Waals surface area contributed by atoms with Crippen LogP contribution in [-0.2, 0) is 10.0 Å². The van der Waals surface area contributed by atoms with Gasteiger partial charge in [0.25, 0.3) is 5.91 Å². The smallest absolute Gasteiger partial charge is 0.267 e. The molecular formula is C19H18ClN3O4S3. The Morgan fingerprint density at radius 2 is 2.00 bits per heavy atom. The predicted octanol–water partition coefficient (Wildman–Crippen LogP) is 4.54. The van der Waals surface area contributed by atoms with E-state index in [2.05, 4.69) is 15.0 Å². The molecule has 2 aromatic heterocycles. The number of carbonyl (C=O) groups is 1. The zero-order valence-electron chi connectivity index (χ0n) is 16.1. The maximum Gasteiger partial charge on any atom is 0.267 e. The number of nitrogens with one attached hydrogen (secondary N) is 2. The lowest BCUT2D eigenvalue weighted by Gasteiger charge is -2.12. The van der Waals surface area contributed by atoms with Gasteiger partial charge in [-0.3, -0.25) is 4.79 Å². The maximum atomic E-state index is 12.9. The Balaban J connectivity index is 1.61. The topological polar surface area (TPSA) is 97.4 Å². The monoisotopic (exact) mass is 483 g/mol. The van der Waals surface area contributed by atoms with Crippen molar-refractivity contribution in [2.45, 2.75) is 30.7 Å². The molecule has 1 saturated carbocycles. The zero-order chi connectivity index (χ0) is 21.5. The van der Waals surface area contributed by atoms with Crippen LogP contribution in [-0.4, -0.2) is 32.5 Å². The van der Waals surface area contributed by atoms with Gasteiger partial charge in [-0.05, 0) is 50.1 Å². The Hall–Kier alpha value is -1.98. The number of methoxy groups -OCH3 is 1. The highest BCUT2D eigenvalue weighted by atomic mass is 35.5. The number of rotatable bonds is 7. The van der Waals surface area contributed by atoms with Gasteiger partial charge < -0.3 is 10.1 Å². The third-order valence-corrected chi connectivity index (χ3v) is 8.49. The van der Waals surface area contributed by atoms with E-state index in [-0.39, 0.29) is 22.5 Å². The molecule has 0 radical (unpaired) electrons. The highest BCUT2D eigenvalue weighted by Crippen LogP contribution is 2.36. The van der Waals surface area contributed by atoms with Crippen LogP contribution in [0.25, 0.3) is 9.88 Å². The number of anilines is 1. The van der Waals surface area contributed by atoms with Gasteiger partial charge in [0.1, 0.15) is 15.6 Å². The van der Waals surface area contributed by atoms with Crippen LogP contribution < -0.4 is 14.8 Å². The third kappa shape index (κ3) is 4.52. The maximum absolute atomic E-state index is 12.9. The van der Waals surface area contributed by atoms with Gasteiger partial charge in [0.15, 0.2) is 0 Å². The third-order valence-electron chi connectivity index (χ3n) is 4.42. The lowest BCUT2D eigenvalue weighted by atomic mass is 10.2. The molecule has 11 heteroatoms. The van der Waals surface area contributed by atoms with Crippen LogP contribution in [0.4, 0.5) is 5.69 Å². The van der Waals surface area contributed by atoms with E-state index in [0.29, 0.717) is 25.7 Å². The number of benzene rings is 1. The minimum absolute atomic E-state index is 0.0147. The molecule has 0 bridgehead atoms. The van der Waals surface area contributed by atoms with E-state index in [9.17, 15) is 13.2 Å². The average Bonchev–Trinajstić information content (AvgIpc) is 3.24. The fraction of sp³-hybridized carbons (Fsp3) is 0.263. The summed E-state index contributed by atoms with van der Waals surface area (Å²) in [4.78, 5) is 18.8. The van der Waals surface area contributed by atoms with Crippen LogP contribution in [0.5, 0.6) is 5.75 Å². The molecule has 1 aliphatic carbocycles. The molecule has 3 aromatic rings. The van der Waals surface area contributed by atoms with Crippen molar-refractivity contribution in [3.8, 4) is 15.6 Å². The number of sulfonamides is 1. The molecule has 2 heterocycles. The van der Waals surface area contributed by atoms with Crippen molar-refractivity contribution in [1.29, 1.82) is 0 Å². The van der Waals surface area contributed by atoms with Crippen molar-refractivity contribution < 1.29 is 17.9 Å². The molecule has 0 saturated heterocycles. The number of halogens is 1. The Morgan fingerprint density at radius 1 is 1.23 bits per heavy atom. The first-order valence-electron chi connectivity index (χ1n) is 9.01. The largest absolute Gasteiger partial charge is 0.495 e. The molecule has 1 amide bonds. The van der Waals surface area contributed by atoms with Crippen LogP contribution >= 0.6 is 34.3 Å². The van der Waals surface area contributed by atoms with Gasteiger partial charge in [-0.25, -0.2) is 18.1 Å². The van der Waals surface area contributed by atoms with E-state index in [1.165, 1.54) is 48.0 Å². The molecule has 30 heavy (non-hydrogen) atoms. The van der Waals surface area contributed by atoms with E-state index < -0.39 is 10.0 Å². The molecule has 1 fully saturated rings. The molecule has 0 spiro atoms. The van der Waals surface area contributed by atoms with E-state index in [1.54, 1.807) is 13.0 Å². The second kappa shape index (κ2) is 8.27. The van der Waals surface area contributed by atoms with E-state index in [4.69, 9.17) is 16.3 Å². The molecule has 0 unspecified atom stereocenters. The molecule has 0 atom stereocenters. The Morgan fingerprint density at radius 3 is 2.63 bits per heavy atom. The summed E-state index contributed by atoms with van der Waals surface area (Å²) in [5.41, 5.74) is 0.852. The quantitative estimate of drug-likeness (QED) is 0.514. The van der Waals surface area contributed by atoms with Crippen molar-refractivity contribution in [2.24, 2.45) is 0 Å². The summed E-state index contributed by atoms with van der Waals surface area (Å²) in [6.07, 6.45) is 1.67. The van der Waals surface area contributed by atoms with Crippen LogP contribution in [0.1, 0.15) is 28.2 Å². The van der Waals surface area contributed by atoms with Gasteiger partial charge in [0.05, 0.1) is 32.6 Å². The van der Waals surface area contributed by atoms with Gasteiger partial charge in [0, 0.05) is 6.04 Å². The molecule has 0 aliphatic heterocycles. The van der Waals surface area contributed by atoms with Crippen LogP contribution in [0, 0.1) is 6.92 Å². The molecule has 7 nitrogen and oxygen atoms in total. The van der Waals surface area contributed by atoms with Gasteiger partial charge >= 0.3 is 0 Å². The number of hydrogen-bond acceptors (Lipinski definition) is 7. The summed E-state index contributed by atoms with van der Waals surface area (Å²) >= 11 is 8.63. The number of carbonyl (C=O) groups excluding carboxylic acids is 1. The van der Waals surface area contributed by atoms with Gasteiger partial charge in [-0.1, -0.05) is 11.6 Å². The highest BCUT2D eigenvalue weighted by molar-refractivity contribution is 7.89. The van der Waals surface area contributed by atoms with Crippen LogP contribution in [0.2, 0.25) is 4.34 Å². The Labute approximate surface area is 187 Å². The standard InChI is InChI=1S/C19H18ClN3O4S3/c1-10-17(29-19(21-10)15-7-8-16(20)28-15)18(24)22-13-9-12(5-6-14(13)27-2)30(25,26)23-11-3-4-11/h5-9,11,23H,3-4H2,1-2H3,(H,22,24). The fourth-order valence-electron chi connectivity index (χ4n) is 2.76. The Kier molecular flexibility index (Phi) is 5.86. The van der Waals surface area contributed by atoms with E-state index in [0.717, 1.165) is 17.7 Å². The first-order valence-corrected chi connectivity index (χ1v) is 12.5. The first kappa shape index (κ1) is 21.3. The SMILES string of the molecule is COc1ccc(S(=O)(=O)NC2CC2)cc1NC(=O)c1sc(-c2ccc(Cl)s2)nc1C. The van der Waals surface area contributed by atoms with Gasteiger partial charge in [-0.2, -0.15) is 0 Å². The van der Waals surface area contributed by atoms with Crippen molar-refractivity contribution >= 4 is 55.9 Å². The van der Waals surface area contributed by atoms with Crippen molar-refractivity contribution in [2.75, 3.05) is 12.4 Å². The van der Waals surface area contributed by atoms with Gasteiger partial charge in [0.2, 0.25) is 10.0 Å². The number of amides is 1. The van der Waals surface area contributed by atoms with E-state index in [1.807, 2.05) is 6.07 Å². The minimum Gasteiger partial charge on any atom is -0.495 e. The molecule has 2 N–H and O–H groups in total. The Bertz CT molecular complexity index is 1220. The summed E-state index contributed by atoms with van der Waals surface area (Å²) < 4.78 is 33.6. The van der Waals surface area contributed by atoms with Gasteiger partial charge in [-0.15, -0.1) is 22.7 Å². The summed E-state index contributed by atoms with van der Waals surface area (Å²) in [5, 5.41) is 3.46. The van der Waals surface area contributed by atoms with E-state index >= 15 is 0 Å². The summed E-state index contributed by atoms with van der Waals surface area (Å²) in [5.74, 6) is -0.0249. The van der Waals surface area contributed by atoms with Crippen LogP contribution in [0.3, 0.4) is 0 Å². The second-order valence-electron chi connectivity index (χ2n) is 6.75. The first-order chi connectivity index (χ1) is 14.3. The summed E-state index contributed by atoms with van der Waals surface area (Å²) in [7, 11) is -2.20. The average molecular weight is 484 g/mol. The number of thiazole rings is 1. The fourth-order valence-corrected chi connectivity index (χ4v) is 6.15. The van der Waals surface area contributed by atoms with Crippen molar-refractivity contribution in [1.82, 2.24) is 9.71 Å². The lowest BCUT2D eigenvalue weighted by Crippen LogP contribution is -2.25. The predicted molar refractivity (Wildman–Crippen MR) is 119 cm³/mol. The zero-order valence-corrected chi connectivity index (χ0v) is 19.3. The number of thiophene rings is 1. The van der Waals surface area contributed by atoms with Crippen molar-refractivity contribution in [3.63, 3.8) is 0 Å².